The number of hydrogen-bond acceptors (Lipinski definition) is 4. The van der Waals surface area contributed by atoms with Crippen molar-refractivity contribution < 1.29 is 13.2 Å². The van der Waals surface area contributed by atoms with E-state index in [2.05, 4.69) is 10.2 Å². The summed E-state index contributed by atoms with van der Waals surface area (Å²) in [4.78, 5) is 16.5. The lowest BCUT2D eigenvalue weighted by Gasteiger charge is -2.36. The van der Waals surface area contributed by atoms with Gasteiger partial charge in [-0.2, -0.15) is 4.31 Å². The Morgan fingerprint density at radius 3 is 2.50 bits per heavy atom. The first-order chi connectivity index (χ1) is 15.3. The summed E-state index contributed by atoms with van der Waals surface area (Å²) in [5.74, 6) is 0. The number of piperazine rings is 1. The van der Waals surface area contributed by atoms with Gasteiger partial charge in [0, 0.05) is 55.7 Å². The van der Waals surface area contributed by atoms with Gasteiger partial charge in [-0.1, -0.05) is 24.6 Å². The Kier molecular flexibility index (Phi) is 6.65. The lowest BCUT2D eigenvalue weighted by atomic mass is 10.1. The zero-order chi connectivity index (χ0) is 22.9. The number of carbonyl (C=O) groups is 1. The second-order valence-electron chi connectivity index (χ2n) is 8.25. The van der Waals surface area contributed by atoms with Gasteiger partial charge in [-0.05, 0) is 61.2 Å². The molecule has 7 nitrogen and oxygen atoms in total. The van der Waals surface area contributed by atoms with Crippen molar-refractivity contribution in [3.63, 3.8) is 0 Å². The molecule has 2 amide bonds. The molecule has 0 saturated carbocycles. The number of amides is 2. The maximum absolute atomic E-state index is 13.3. The van der Waals surface area contributed by atoms with Crippen molar-refractivity contribution in [3.8, 4) is 0 Å². The predicted octanol–water partition coefficient (Wildman–Crippen LogP) is 3.64. The van der Waals surface area contributed by atoms with E-state index in [0.717, 1.165) is 28.9 Å². The average Bonchev–Trinajstić information content (AvgIpc) is 3.22. The van der Waals surface area contributed by atoms with E-state index >= 15 is 0 Å². The first-order valence-electron chi connectivity index (χ1n) is 11.0. The normalized spacial score (nSPS) is 16.8. The Bertz CT molecular complexity index is 1110. The van der Waals surface area contributed by atoms with Crippen molar-refractivity contribution in [2.45, 2.75) is 31.6 Å². The van der Waals surface area contributed by atoms with Gasteiger partial charge in [0.25, 0.3) is 0 Å². The van der Waals surface area contributed by atoms with Crippen molar-refractivity contribution >= 4 is 39.0 Å². The van der Waals surface area contributed by atoms with Gasteiger partial charge in [-0.3, -0.25) is 4.90 Å². The quantitative estimate of drug-likeness (QED) is 0.715. The number of hydrogen-bond donors (Lipinski definition) is 1. The molecule has 0 aromatic heterocycles. The maximum atomic E-state index is 13.3. The summed E-state index contributed by atoms with van der Waals surface area (Å²) in [5.41, 5.74) is 3.86. The smallest absolute Gasteiger partial charge is 0.321 e. The van der Waals surface area contributed by atoms with Crippen molar-refractivity contribution in [3.05, 3.63) is 52.5 Å². The molecule has 9 heteroatoms. The van der Waals surface area contributed by atoms with Gasteiger partial charge >= 0.3 is 6.03 Å². The Labute approximate surface area is 195 Å². The van der Waals surface area contributed by atoms with Crippen LogP contribution in [-0.4, -0.2) is 58.0 Å². The molecule has 32 heavy (non-hydrogen) atoms. The number of rotatable bonds is 5. The van der Waals surface area contributed by atoms with Crippen LogP contribution in [0, 0.1) is 6.92 Å². The van der Waals surface area contributed by atoms with Gasteiger partial charge in [0.2, 0.25) is 10.0 Å². The SMILES string of the molecule is CCCNC(=O)N1CCc2cc(S(=O)(=O)N3CCN(c4cc(Cl)ccc4C)CC3)ccc21. The highest BCUT2D eigenvalue weighted by Crippen LogP contribution is 2.32. The summed E-state index contributed by atoms with van der Waals surface area (Å²) in [6, 6.07) is 10.8. The fourth-order valence-corrected chi connectivity index (χ4v) is 5.96. The van der Waals surface area contributed by atoms with Gasteiger partial charge in [-0.15, -0.1) is 0 Å². The Morgan fingerprint density at radius 2 is 1.78 bits per heavy atom. The second kappa shape index (κ2) is 9.29. The first-order valence-corrected chi connectivity index (χ1v) is 12.8. The van der Waals surface area contributed by atoms with Crippen LogP contribution in [0.2, 0.25) is 5.02 Å². The predicted molar refractivity (Wildman–Crippen MR) is 128 cm³/mol. The summed E-state index contributed by atoms with van der Waals surface area (Å²) in [6.45, 7) is 7.27. The number of halogens is 1. The minimum atomic E-state index is -3.60. The van der Waals surface area contributed by atoms with Crippen LogP contribution in [0.1, 0.15) is 24.5 Å². The lowest BCUT2D eigenvalue weighted by Crippen LogP contribution is -2.48. The van der Waals surface area contributed by atoms with Crippen LogP contribution < -0.4 is 15.1 Å². The van der Waals surface area contributed by atoms with E-state index in [1.165, 1.54) is 0 Å². The molecule has 0 unspecified atom stereocenters. The number of anilines is 2. The number of aryl methyl sites for hydroxylation is 1. The topological polar surface area (TPSA) is 73.0 Å². The molecule has 0 spiro atoms. The van der Waals surface area contributed by atoms with E-state index in [1.54, 1.807) is 27.4 Å². The third-order valence-corrected chi connectivity index (χ3v) is 8.24. The molecular formula is C23H29ClN4O3S. The van der Waals surface area contributed by atoms with Gasteiger partial charge in [0.05, 0.1) is 4.90 Å². The van der Waals surface area contributed by atoms with Gasteiger partial charge < -0.3 is 10.2 Å². The molecule has 1 fully saturated rings. The molecule has 0 bridgehead atoms. The van der Waals surface area contributed by atoms with Crippen LogP contribution in [-0.2, 0) is 16.4 Å². The highest BCUT2D eigenvalue weighted by molar-refractivity contribution is 7.89. The largest absolute Gasteiger partial charge is 0.369 e. The van der Waals surface area contributed by atoms with Crippen molar-refractivity contribution in [1.29, 1.82) is 0 Å². The molecule has 1 N–H and O–H groups in total. The molecule has 2 aliphatic heterocycles. The van der Waals surface area contributed by atoms with E-state index in [0.29, 0.717) is 55.6 Å². The molecule has 0 atom stereocenters. The summed E-state index contributed by atoms with van der Waals surface area (Å²) in [5, 5.41) is 3.56. The van der Waals surface area contributed by atoms with Gasteiger partial charge in [0.15, 0.2) is 0 Å². The summed E-state index contributed by atoms with van der Waals surface area (Å²) >= 11 is 6.16. The third kappa shape index (κ3) is 4.44. The second-order valence-corrected chi connectivity index (χ2v) is 10.6. The first kappa shape index (κ1) is 22.9. The molecule has 2 aromatic carbocycles. The van der Waals surface area contributed by atoms with E-state index in [4.69, 9.17) is 11.6 Å². The highest BCUT2D eigenvalue weighted by Gasteiger charge is 2.31. The number of fused-ring (bicyclic) bond motifs is 1. The monoisotopic (exact) mass is 476 g/mol. The summed E-state index contributed by atoms with van der Waals surface area (Å²) < 4.78 is 28.2. The third-order valence-electron chi connectivity index (χ3n) is 6.11. The molecule has 2 heterocycles. The number of benzene rings is 2. The number of nitrogens with one attached hydrogen (secondary N) is 1. The van der Waals surface area contributed by atoms with Crippen molar-refractivity contribution in [2.75, 3.05) is 49.1 Å². The van der Waals surface area contributed by atoms with Crippen LogP contribution in [0.3, 0.4) is 0 Å². The fourth-order valence-electron chi connectivity index (χ4n) is 4.32. The summed E-state index contributed by atoms with van der Waals surface area (Å²) in [6.07, 6.45) is 1.52. The molecule has 1 saturated heterocycles. The fraction of sp³-hybridized carbons (Fsp3) is 0.435. The van der Waals surface area contributed by atoms with Gasteiger partial charge in [-0.25, -0.2) is 13.2 Å². The average molecular weight is 477 g/mol. The van der Waals surface area contributed by atoms with Crippen molar-refractivity contribution in [1.82, 2.24) is 9.62 Å². The molecular weight excluding hydrogens is 448 g/mol. The number of sulfonamides is 1. The molecule has 2 aromatic rings. The van der Waals surface area contributed by atoms with E-state index in [-0.39, 0.29) is 6.03 Å². The molecule has 0 aliphatic carbocycles. The summed E-state index contributed by atoms with van der Waals surface area (Å²) in [7, 11) is -3.60. The number of urea groups is 1. The maximum Gasteiger partial charge on any atom is 0.321 e. The molecule has 2 aliphatic rings. The molecule has 0 radical (unpaired) electrons. The lowest BCUT2D eigenvalue weighted by molar-refractivity contribution is 0.247. The Hall–Kier alpha value is -2.29. The Morgan fingerprint density at radius 1 is 1.03 bits per heavy atom. The van der Waals surface area contributed by atoms with Crippen LogP contribution in [0.15, 0.2) is 41.3 Å². The van der Waals surface area contributed by atoms with Crippen LogP contribution >= 0.6 is 11.6 Å². The van der Waals surface area contributed by atoms with Gasteiger partial charge in [0.1, 0.15) is 0 Å². The van der Waals surface area contributed by atoms with Crippen LogP contribution in [0.25, 0.3) is 0 Å². The standard InChI is InChI=1S/C23H29ClN4O3S/c1-3-9-25-23(29)28-10-8-18-15-20(6-7-21(18)28)32(30,31)27-13-11-26(12-14-27)22-16-19(24)5-4-17(22)2/h4-7,15-16H,3,8-14H2,1-2H3,(H,25,29). The molecule has 172 valence electrons. The van der Waals surface area contributed by atoms with E-state index in [1.807, 2.05) is 32.0 Å². The zero-order valence-electron chi connectivity index (χ0n) is 18.5. The van der Waals surface area contributed by atoms with Crippen LogP contribution in [0.5, 0.6) is 0 Å². The van der Waals surface area contributed by atoms with E-state index < -0.39 is 10.0 Å². The minimum Gasteiger partial charge on any atom is -0.369 e. The zero-order valence-corrected chi connectivity index (χ0v) is 20.0. The minimum absolute atomic E-state index is 0.131. The van der Waals surface area contributed by atoms with Crippen molar-refractivity contribution in [2.24, 2.45) is 0 Å². The Balaban J connectivity index is 1.47. The van der Waals surface area contributed by atoms with Crippen LogP contribution in [0.4, 0.5) is 16.2 Å². The number of nitrogens with zero attached hydrogens (tertiary/aromatic N) is 3. The molecule has 4 rings (SSSR count). The van der Waals surface area contributed by atoms with E-state index in [9.17, 15) is 13.2 Å². The number of carbonyl (C=O) groups excluding carboxylic acids is 1. The highest BCUT2D eigenvalue weighted by atomic mass is 35.5.